The number of sulfonamides is 1. The zero-order valence-electron chi connectivity index (χ0n) is 10.4. The predicted molar refractivity (Wildman–Crippen MR) is 66.4 cm³/mol. The van der Waals surface area contributed by atoms with E-state index in [9.17, 15) is 8.42 Å². The first-order valence-corrected chi connectivity index (χ1v) is 8.20. The molecule has 1 aliphatic carbocycles. The summed E-state index contributed by atoms with van der Waals surface area (Å²) in [6.45, 7) is 2.23. The zero-order chi connectivity index (χ0) is 12.3. The molecular weight excluding hydrogens is 240 g/mol. The lowest BCUT2D eigenvalue weighted by Crippen LogP contribution is -2.49. The summed E-state index contributed by atoms with van der Waals surface area (Å²) < 4.78 is 30.0. The second-order valence-corrected chi connectivity index (χ2v) is 6.99. The van der Waals surface area contributed by atoms with Gasteiger partial charge < -0.3 is 10.1 Å². The van der Waals surface area contributed by atoms with Crippen LogP contribution in [-0.4, -0.2) is 57.4 Å². The van der Waals surface area contributed by atoms with Gasteiger partial charge in [-0.25, -0.2) is 8.42 Å². The quantitative estimate of drug-likeness (QED) is 0.785. The van der Waals surface area contributed by atoms with Crippen LogP contribution in [0.25, 0.3) is 0 Å². The molecule has 2 fully saturated rings. The Morgan fingerprint density at radius 1 is 1.35 bits per heavy atom. The van der Waals surface area contributed by atoms with Crippen LogP contribution in [0.3, 0.4) is 0 Å². The Morgan fingerprint density at radius 2 is 2.06 bits per heavy atom. The summed E-state index contributed by atoms with van der Waals surface area (Å²) >= 11 is 0. The van der Waals surface area contributed by atoms with Crippen molar-refractivity contribution in [3.05, 3.63) is 0 Å². The summed E-state index contributed by atoms with van der Waals surface area (Å²) in [5.74, 6) is 0. The van der Waals surface area contributed by atoms with E-state index in [4.69, 9.17) is 4.74 Å². The lowest BCUT2D eigenvalue weighted by molar-refractivity contribution is -0.00121. The van der Waals surface area contributed by atoms with Crippen LogP contribution in [-0.2, 0) is 14.8 Å². The first-order chi connectivity index (χ1) is 8.05. The number of rotatable bonds is 4. The van der Waals surface area contributed by atoms with Crippen molar-refractivity contribution in [3.63, 3.8) is 0 Å². The molecule has 2 rings (SSSR count). The fourth-order valence-electron chi connectivity index (χ4n) is 2.55. The van der Waals surface area contributed by atoms with Gasteiger partial charge in [0.1, 0.15) is 0 Å². The average Bonchev–Trinajstić information content (AvgIpc) is 2.78. The average molecular weight is 262 g/mol. The number of ether oxygens (including phenoxy) is 1. The monoisotopic (exact) mass is 262 g/mol. The Kier molecular flexibility index (Phi) is 4.41. The topological polar surface area (TPSA) is 58.6 Å². The molecule has 0 radical (unpaired) electrons. The van der Waals surface area contributed by atoms with Gasteiger partial charge in [0.05, 0.1) is 19.0 Å². The Morgan fingerprint density at radius 3 is 2.71 bits per heavy atom. The van der Waals surface area contributed by atoms with Crippen LogP contribution < -0.4 is 5.32 Å². The Balaban J connectivity index is 1.77. The molecule has 0 amide bonds. The highest BCUT2D eigenvalue weighted by atomic mass is 32.2. The lowest BCUT2D eigenvalue weighted by Gasteiger charge is -2.32. The third-order valence-electron chi connectivity index (χ3n) is 3.56. The summed E-state index contributed by atoms with van der Waals surface area (Å²) in [6.07, 6.45) is 6.35. The summed E-state index contributed by atoms with van der Waals surface area (Å²) in [6, 6.07) is 0.604. The molecule has 0 unspecified atom stereocenters. The number of nitrogens with zero attached hydrogens (tertiary/aromatic N) is 1. The van der Waals surface area contributed by atoms with E-state index in [-0.39, 0.29) is 6.10 Å². The van der Waals surface area contributed by atoms with E-state index >= 15 is 0 Å². The molecule has 0 spiro atoms. The van der Waals surface area contributed by atoms with Gasteiger partial charge in [-0.3, -0.25) is 0 Å². The van der Waals surface area contributed by atoms with Gasteiger partial charge in [-0.2, -0.15) is 4.31 Å². The van der Waals surface area contributed by atoms with E-state index in [1.807, 2.05) is 0 Å². The summed E-state index contributed by atoms with van der Waals surface area (Å²) in [5.41, 5.74) is 0. The van der Waals surface area contributed by atoms with Crippen molar-refractivity contribution in [1.82, 2.24) is 9.62 Å². The van der Waals surface area contributed by atoms with E-state index in [0.29, 0.717) is 25.7 Å². The number of hydrogen-bond donors (Lipinski definition) is 1. The second-order valence-electron chi connectivity index (χ2n) is 5.00. The number of morpholine rings is 1. The van der Waals surface area contributed by atoms with Crippen molar-refractivity contribution < 1.29 is 13.2 Å². The standard InChI is InChI=1S/C11H22N2O3S/c1-17(14,15)13-6-7-16-11(9-13)8-12-10-4-2-3-5-10/h10-12H,2-9H2,1H3/t11-/m0/s1. The van der Waals surface area contributed by atoms with Gasteiger partial charge in [0.25, 0.3) is 0 Å². The Hall–Kier alpha value is -0.170. The van der Waals surface area contributed by atoms with E-state index in [1.54, 1.807) is 0 Å². The van der Waals surface area contributed by atoms with E-state index in [2.05, 4.69) is 5.32 Å². The molecule has 1 N–H and O–H groups in total. The minimum atomic E-state index is -3.07. The Bertz CT molecular complexity index is 339. The third-order valence-corrected chi connectivity index (χ3v) is 4.83. The van der Waals surface area contributed by atoms with Crippen LogP contribution in [0, 0.1) is 0 Å². The molecule has 6 heteroatoms. The molecule has 0 aromatic heterocycles. The van der Waals surface area contributed by atoms with Gasteiger partial charge in [0.2, 0.25) is 10.0 Å². The molecule has 1 aliphatic heterocycles. The summed E-state index contributed by atoms with van der Waals surface area (Å²) in [4.78, 5) is 0. The maximum Gasteiger partial charge on any atom is 0.211 e. The van der Waals surface area contributed by atoms with Gasteiger partial charge in [0, 0.05) is 25.7 Å². The van der Waals surface area contributed by atoms with Gasteiger partial charge >= 0.3 is 0 Å². The van der Waals surface area contributed by atoms with Crippen molar-refractivity contribution in [2.75, 3.05) is 32.5 Å². The SMILES string of the molecule is CS(=O)(=O)N1CCO[C@@H](CNC2CCCC2)C1. The molecule has 1 atom stereocenters. The van der Waals surface area contributed by atoms with Crippen LogP contribution in [0.4, 0.5) is 0 Å². The maximum absolute atomic E-state index is 11.4. The van der Waals surface area contributed by atoms with E-state index in [1.165, 1.54) is 36.2 Å². The normalized spacial score (nSPS) is 28.6. The number of hydrogen-bond acceptors (Lipinski definition) is 4. The van der Waals surface area contributed by atoms with Crippen LogP contribution in [0.5, 0.6) is 0 Å². The van der Waals surface area contributed by atoms with Crippen LogP contribution in [0.1, 0.15) is 25.7 Å². The van der Waals surface area contributed by atoms with Crippen LogP contribution in [0.15, 0.2) is 0 Å². The molecule has 100 valence electrons. The van der Waals surface area contributed by atoms with Crippen molar-refractivity contribution in [1.29, 1.82) is 0 Å². The van der Waals surface area contributed by atoms with Gasteiger partial charge in [-0.05, 0) is 12.8 Å². The number of nitrogens with one attached hydrogen (secondary N) is 1. The highest BCUT2D eigenvalue weighted by molar-refractivity contribution is 7.88. The van der Waals surface area contributed by atoms with Crippen LogP contribution >= 0.6 is 0 Å². The molecule has 0 aromatic rings. The van der Waals surface area contributed by atoms with Crippen molar-refractivity contribution in [3.8, 4) is 0 Å². The third kappa shape index (κ3) is 3.91. The highest BCUT2D eigenvalue weighted by Crippen LogP contribution is 2.18. The molecular formula is C11H22N2O3S. The predicted octanol–water partition coefficient (Wildman–Crippen LogP) is 0.179. The van der Waals surface area contributed by atoms with Crippen molar-refractivity contribution >= 4 is 10.0 Å². The minimum Gasteiger partial charge on any atom is -0.374 e. The fourth-order valence-corrected chi connectivity index (χ4v) is 3.39. The zero-order valence-corrected chi connectivity index (χ0v) is 11.2. The first kappa shape index (κ1) is 13.3. The lowest BCUT2D eigenvalue weighted by atomic mass is 10.2. The fraction of sp³-hybridized carbons (Fsp3) is 1.00. The molecule has 5 nitrogen and oxygen atoms in total. The second kappa shape index (κ2) is 5.65. The van der Waals surface area contributed by atoms with Gasteiger partial charge in [0.15, 0.2) is 0 Å². The van der Waals surface area contributed by atoms with Gasteiger partial charge in [-0.1, -0.05) is 12.8 Å². The molecule has 1 saturated heterocycles. The highest BCUT2D eigenvalue weighted by Gasteiger charge is 2.27. The summed E-state index contributed by atoms with van der Waals surface area (Å²) in [5, 5.41) is 3.48. The van der Waals surface area contributed by atoms with Gasteiger partial charge in [-0.15, -0.1) is 0 Å². The maximum atomic E-state index is 11.4. The minimum absolute atomic E-state index is 0.000856. The molecule has 2 aliphatic rings. The van der Waals surface area contributed by atoms with E-state index in [0.717, 1.165) is 6.54 Å². The summed E-state index contributed by atoms with van der Waals surface area (Å²) in [7, 11) is -3.07. The van der Waals surface area contributed by atoms with Crippen LogP contribution in [0.2, 0.25) is 0 Å². The molecule has 1 heterocycles. The molecule has 1 saturated carbocycles. The van der Waals surface area contributed by atoms with Crippen molar-refractivity contribution in [2.45, 2.75) is 37.8 Å². The Labute approximate surface area is 104 Å². The molecule has 17 heavy (non-hydrogen) atoms. The van der Waals surface area contributed by atoms with Crippen molar-refractivity contribution in [2.24, 2.45) is 0 Å². The first-order valence-electron chi connectivity index (χ1n) is 6.36. The molecule has 0 aromatic carbocycles. The van der Waals surface area contributed by atoms with E-state index < -0.39 is 10.0 Å². The largest absolute Gasteiger partial charge is 0.374 e. The smallest absolute Gasteiger partial charge is 0.211 e. The molecule has 0 bridgehead atoms.